The van der Waals surface area contributed by atoms with Crippen molar-refractivity contribution in [3.63, 3.8) is 0 Å². The molecule has 0 aromatic heterocycles. The molecule has 1 N–H and O–H groups in total. The second kappa shape index (κ2) is 11.4. The monoisotopic (exact) mass is 302 g/mol. The van der Waals surface area contributed by atoms with E-state index in [0.717, 1.165) is 78.7 Å². The third kappa shape index (κ3) is 7.56. The number of ether oxygens (including phenoxy) is 3. The molecule has 0 unspecified atom stereocenters. The molecular weight excluding hydrogens is 268 g/mol. The van der Waals surface area contributed by atoms with E-state index in [4.69, 9.17) is 14.2 Å². The van der Waals surface area contributed by atoms with Crippen LogP contribution in [-0.4, -0.2) is 77.8 Å². The van der Waals surface area contributed by atoms with Crippen LogP contribution in [0.25, 0.3) is 0 Å². The molecule has 0 radical (unpaired) electrons. The van der Waals surface area contributed by atoms with Crippen LogP contribution >= 0.6 is 0 Å². The molecule has 1 rings (SSSR count). The lowest BCUT2D eigenvalue weighted by molar-refractivity contribution is -0.0129. The second-order valence-electron chi connectivity index (χ2n) is 5.81. The first-order chi connectivity index (χ1) is 10.3. The highest BCUT2D eigenvalue weighted by Crippen LogP contribution is 2.30. The van der Waals surface area contributed by atoms with Crippen LogP contribution in [0.2, 0.25) is 0 Å². The molecule has 1 aliphatic heterocycles. The van der Waals surface area contributed by atoms with E-state index in [-0.39, 0.29) is 0 Å². The lowest BCUT2D eigenvalue weighted by atomic mass is 9.79. The summed E-state index contributed by atoms with van der Waals surface area (Å²) in [7, 11) is 2.04. The molecule has 0 aromatic carbocycles. The van der Waals surface area contributed by atoms with Crippen molar-refractivity contribution in [3.8, 4) is 0 Å². The van der Waals surface area contributed by atoms with Crippen molar-refractivity contribution in [2.75, 3.05) is 72.9 Å². The number of nitrogens with zero attached hydrogens (tertiary/aromatic N) is 1. The largest absolute Gasteiger partial charge is 0.381 e. The third-order valence-corrected chi connectivity index (χ3v) is 4.18. The molecule has 1 fully saturated rings. The van der Waals surface area contributed by atoms with Crippen LogP contribution in [0.15, 0.2) is 0 Å². The summed E-state index contributed by atoms with van der Waals surface area (Å²) in [5.74, 6) is 0. The first-order valence-electron chi connectivity index (χ1n) is 8.36. The summed E-state index contributed by atoms with van der Waals surface area (Å²) in [5.41, 5.74) is 0.325. The first-order valence-corrected chi connectivity index (χ1v) is 8.36. The Morgan fingerprint density at radius 1 is 1.05 bits per heavy atom. The summed E-state index contributed by atoms with van der Waals surface area (Å²) in [6, 6.07) is 0. The minimum Gasteiger partial charge on any atom is -0.381 e. The van der Waals surface area contributed by atoms with Gasteiger partial charge in [0.25, 0.3) is 0 Å². The maximum absolute atomic E-state index is 5.55. The van der Waals surface area contributed by atoms with E-state index >= 15 is 0 Å². The molecule has 0 aromatic rings. The van der Waals surface area contributed by atoms with Gasteiger partial charge in [-0.3, -0.25) is 4.90 Å². The van der Waals surface area contributed by atoms with Gasteiger partial charge in [0.15, 0.2) is 0 Å². The van der Waals surface area contributed by atoms with Crippen LogP contribution in [0, 0.1) is 5.41 Å². The molecule has 0 bridgehead atoms. The van der Waals surface area contributed by atoms with E-state index in [1.165, 1.54) is 0 Å². The summed E-state index contributed by atoms with van der Waals surface area (Å²) in [6.45, 7) is 13.1. The van der Waals surface area contributed by atoms with Crippen molar-refractivity contribution in [2.45, 2.75) is 26.7 Å². The Balaban J connectivity index is 2.52. The van der Waals surface area contributed by atoms with Gasteiger partial charge in [0, 0.05) is 52.6 Å². The molecule has 0 amide bonds. The van der Waals surface area contributed by atoms with E-state index in [0.29, 0.717) is 5.41 Å². The molecule has 5 heteroatoms. The first kappa shape index (κ1) is 18.8. The predicted octanol–water partition coefficient (Wildman–Crippen LogP) is 1.38. The van der Waals surface area contributed by atoms with Crippen LogP contribution in [0.1, 0.15) is 26.7 Å². The van der Waals surface area contributed by atoms with Gasteiger partial charge in [-0.15, -0.1) is 0 Å². The van der Waals surface area contributed by atoms with Gasteiger partial charge in [0.1, 0.15) is 0 Å². The fraction of sp³-hybridized carbons (Fsp3) is 1.00. The summed E-state index contributed by atoms with van der Waals surface area (Å²) in [6.07, 6.45) is 2.27. The average molecular weight is 302 g/mol. The Hall–Kier alpha value is -0.200. The smallest absolute Gasteiger partial charge is 0.0593 e. The molecule has 21 heavy (non-hydrogen) atoms. The molecule has 1 aliphatic rings. The van der Waals surface area contributed by atoms with Crippen LogP contribution < -0.4 is 5.32 Å². The summed E-state index contributed by atoms with van der Waals surface area (Å²) in [4.78, 5) is 2.49. The van der Waals surface area contributed by atoms with Crippen molar-refractivity contribution in [1.29, 1.82) is 0 Å². The van der Waals surface area contributed by atoms with Gasteiger partial charge in [-0.05, 0) is 39.2 Å². The molecule has 0 spiro atoms. The Morgan fingerprint density at radius 2 is 1.62 bits per heavy atom. The second-order valence-corrected chi connectivity index (χ2v) is 5.81. The zero-order valence-corrected chi connectivity index (χ0v) is 14.2. The Morgan fingerprint density at radius 3 is 2.10 bits per heavy atom. The number of hydrogen-bond acceptors (Lipinski definition) is 5. The van der Waals surface area contributed by atoms with Crippen LogP contribution in [-0.2, 0) is 14.2 Å². The van der Waals surface area contributed by atoms with E-state index in [9.17, 15) is 0 Å². The SMILES string of the molecule is CCOCCN(CCOCC)CC1(CNC)CCOCC1. The molecule has 0 atom stereocenters. The molecule has 126 valence electrons. The van der Waals surface area contributed by atoms with E-state index in [1.54, 1.807) is 0 Å². The maximum Gasteiger partial charge on any atom is 0.0593 e. The van der Waals surface area contributed by atoms with E-state index in [1.807, 2.05) is 20.9 Å². The van der Waals surface area contributed by atoms with Gasteiger partial charge < -0.3 is 19.5 Å². The van der Waals surface area contributed by atoms with Crippen LogP contribution in [0.5, 0.6) is 0 Å². The van der Waals surface area contributed by atoms with Crippen molar-refractivity contribution >= 4 is 0 Å². The van der Waals surface area contributed by atoms with Gasteiger partial charge in [0.2, 0.25) is 0 Å². The maximum atomic E-state index is 5.55. The highest BCUT2D eigenvalue weighted by Gasteiger charge is 2.33. The molecule has 5 nitrogen and oxygen atoms in total. The van der Waals surface area contributed by atoms with Crippen molar-refractivity contribution in [2.24, 2.45) is 5.41 Å². The molecular formula is C16H34N2O3. The van der Waals surface area contributed by atoms with Gasteiger partial charge in [0.05, 0.1) is 13.2 Å². The Labute approximate surface area is 130 Å². The molecule has 1 heterocycles. The predicted molar refractivity (Wildman–Crippen MR) is 85.8 cm³/mol. The minimum absolute atomic E-state index is 0.325. The normalized spacial score (nSPS) is 18.3. The third-order valence-electron chi connectivity index (χ3n) is 4.18. The fourth-order valence-electron chi connectivity index (χ4n) is 2.99. The van der Waals surface area contributed by atoms with Gasteiger partial charge >= 0.3 is 0 Å². The highest BCUT2D eigenvalue weighted by molar-refractivity contribution is 4.87. The summed E-state index contributed by atoms with van der Waals surface area (Å²) < 4.78 is 16.6. The topological polar surface area (TPSA) is 43.0 Å². The summed E-state index contributed by atoms with van der Waals surface area (Å²) >= 11 is 0. The van der Waals surface area contributed by atoms with Crippen LogP contribution in [0.4, 0.5) is 0 Å². The van der Waals surface area contributed by atoms with Crippen LogP contribution in [0.3, 0.4) is 0 Å². The fourth-order valence-corrected chi connectivity index (χ4v) is 2.99. The van der Waals surface area contributed by atoms with E-state index < -0.39 is 0 Å². The standard InChI is InChI=1S/C16H34N2O3/c1-4-19-12-8-18(9-13-20-5-2)15-16(14-17-3)6-10-21-11-7-16/h17H,4-15H2,1-3H3. The number of hydrogen-bond donors (Lipinski definition) is 1. The average Bonchev–Trinajstić information content (AvgIpc) is 2.49. The molecule has 1 saturated heterocycles. The van der Waals surface area contributed by atoms with Gasteiger partial charge in [-0.1, -0.05) is 0 Å². The number of nitrogens with one attached hydrogen (secondary N) is 1. The Kier molecular flexibility index (Phi) is 10.2. The van der Waals surface area contributed by atoms with Crippen molar-refractivity contribution in [3.05, 3.63) is 0 Å². The van der Waals surface area contributed by atoms with Gasteiger partial charge in [-0.25, -0.2) is 0 Å². The van der Waals surface area contributed by atoms with Crippen molar-refractivity contribution in [1.82, 2.24) is 10.2 Å². The quantitative estimate of drug-likeness (QED) is 0.552. The zero-order chi connectivity index (χ0) is 15.4. The lowest BCUT2D eigenvalue weighted by Gasteiger charge is -2.41. The minimum atomic E-state index is 0.325. The number of rotatable bonds is 12. The highest BCUT2D eigenvalue weighted by atomic mass is 16.5. The van der Waals surface area contributed by atoms with Gasteiger partial charge in [-0.2, -0.15) is 0 Å². The Bertz CT molecular complexity index is 230. The summed E-state index contributed by atoms with van der Waals surface area (Å²) in [5, 5.41) is 3.37. The lowest BCUT2D eigenvalue weighted by Crippen LogP contribution is -2.48. The molecule has 0 aliphatic carbocycles. The van der Waals surface area contributed by atoms with E-state index in [2.05, 4.69) is 10.2 Å². The van der Waals surface area contributed by atoms with Crippen molar-refractivity contribution < 1.29 is 14.2 Å². The molecule has 0 saturated carbocycles. The zero-order valence-electron chi connectivity index (χ0n) is 14.2.